The van der Waals surface area contributed by atoms with Gasteiger partial charge in [-0.2, -0.15) is 0 Å². The van der Waals surface area contributed by atoms with Gasteiger partial charge in [0.25, 0.3) is 5.69 Å². The van der Waals surface area contributed by atoms with Crippen molar-refractivity contribution in [3.8, 4) is 5.75 Å². The van der Waals surface area contributed by atoms with Crippen molar-refractivity contribution in [2.45, 2.75) is 46.3 Å². The van der Waals surface area contributed by atoms with Crippen molar-refractivity contribution in [1.82, 2.24) is 5.32 Å². The van der Waals surface area contributed by atoms with Crippen LogP contribution in [0.2, 0.25) is 0 Å². The van der Waals surface area contributed by atoms with Crippen LogP contribution in [0.4, 0.5) is 10.1 Å². The molecule has 1 fully saturated rings. The first-order valence-corrected chi connectivity index (χ1v) is 7.12. The Bertz CT molecular complexity index is 560. The van der Waals surface area contributed by atoms with Gasteiger partial charge in [-0.25, -0.2) is 4.39 Å². The molecule has 6 heteroatoms. The molecule has 2 unspecified atom stereocenters. The minimum absolute atomic E-state index is 0.0890. The third-order valence-corrected chi connectivity index (χ3v) is 4.34. The van der Waals surface area contributed by atoms with Gasteiger partial charge in [0.1, 0.15) is 6.10 Å². The molecule has 0 aromatic heterocycles. The van der Waals surface area contributed by atoms with Crippen molar-refractivity contribution in [2.75, 3.05) is 6.54 Å². The maximum Gasteiger partial charge on any atom is 0.275 e. The Morgan fingerprint density at radius 1 is 1.52 bits per heavy atom. The monoisotopic (exact) mass is 296 g/mol. The fourth-order valence-corrected chi connectivity index (χ4v) is 2.76. The quantitative estimate of drug-likeness (QED) is 0.669. The number of nitrogens with zero attached hydrogens (tertiary/aromatic N) is 1. The SMILES string of the molecule is CCNC1CC(Oc2cc(C)c([N+](=O)[O-])cc2F)C1(C)C. The Morgan fingerprint density at radius 2 is 2.19 bits per heavy atom. The second-order valence-corrected chi connectivity index (χ2v) is 6.10. The minimum atomic E-state index is -0.685. The van der Waals surface area contributed by atoms with Crippen LogP contribution in [0.25, 0.3) is 0 Å². The summed E-state index contributed by atoms with van der Waals surface area (Å²) in [5.74, 6) is -0.596. The molecule has 1 aromatic carbocycles. The zero-order valence-corrected chi connectivity index (χ0v) is 12.8. The van der Waals surface area contributed by atoms with Crippen molar-refractivity contribution >= 4 is 5.69 Å². The summed E-state index contributed by atoms with van der Waals surface area (Å²) in [6.45, 7) is 8.66. The van der Waals surface area contributed by atoms with E-state index in [9.17, 15) is 14.5 Å². The molecule has 0 radical (unpaired) electrons. The molecular formula is C15H21FN2O3. The molecule has 116 valence electrons. The van der Waals surface area contributed by atoms with Crippen LogP contribution in [-0.2, 0) is 0 Å². The molecule has 21 heavy (non-hydrogen) atoms. The molecule has 2 atom stereocenters. The molecule has 0 aliphatic heterocycles. The van der Waals surface area contributed by atoms with Crippen LogP contribution >= 0.6 is 0 Å². The summed E-state index contributed by atoms with van der Waals surface area (Å²) in [6.07, 6.45) is 0.702. The summed E-state index contributed by atoms with van der Waals surface area (Å²) in [6, 6.07) is 2.68. The average molecular weight is 296 g/mol. The van der Waals surface area contributed by atoms with Gasteiger partial charge in [-0.3, -0.25) is 10.1 Å². The van der Waals surface area contributed by atoms with Crippen molar-refractivity contribution in [3.63, 3.8) is 0 Å². The van der Waals surface area contributed by atoms with Crippen LogP contribution in [0.15, 0.2) is 12.1 Å². The molecule has 0 heterocycles. The van der Waals surface area contributed by atoms with Crippen LogP contribution < -0.4 is 10.1 Å². The normalized spacial score (nSPS) is 23.5. The van der Waals surface area contributed by atoms with Gasteiger partial charge in [-0.05, 0) is 19.5 Å². The van der Waals surface area contributed by atoms with E-state index < -0.39 is 10.7 Å². The Kier molecular flexibility index (Phi) is 4.18. The molecular weight excluding hydrogens is 275 g/mol. The van der Waals surface area contributed by atoms with Gasteiger partial charge in [-0.15, -0.1) is 0 Å². The standard InChI is InChI=1S/C15H21FN2O3/c1-5-17-13-8-14(15(13,3)4)21-12-6-9(2)11(18(19)20)7-10(12)16/h6-7,13-14,17H,5,8H2,1-4H3. The van der Waals surface area contributed by atoms with Gasteiger partial charge in [0.05, 0.1) is 11.0 Å². The molecule has 1 aromatic rings. The highest BCUT2D eigenvalue weighted by molar-refractivity contribution is 5.45. The van der Waals surface area contributed by atoms with Crippen LogP contribution in [0.1, 0.15) is 32.8 Å². The number of nitrogens with one attached hydrogen (secondary N) is 1. The highest BCUT2D eigenvalue weighted by Crippen LogP contribution is 2.43. The minimum Gasteiger partial charge on any atom is -0.487 e. The van der Waals surface area contributed by atoms with Crippen LogP contribution in [0.5, 0.6) is 5.75 Å². The van der Waals surface area contributed by atoms with Gasteiger partial charge >= 0.3 is 0 Å². The van der Waals surface area contributed by atoms with E-state index in [4.69, 9.17) is 4.74 Å². The second kappa shape index (κ2) is 5.60. The summed E-state index contributed by atoms with van der Waals surface area (Å²) in [5.41, 5.74) is 0.0769. The van der Waals surface area contributed by atoms with E-state index in [0.717, 1.165) is 19.0 Å². The lowest BCUT2D eigenvalue weighted by Crippen LogP contribution is -2.62. The number of hydrogen-bond acceptors (Lipinski definition) is 4. The number of benzene rings is 1. The number of nitro groups is 1. The number of halogens is 1. The summed E-state index contributed by atoms with van der Waals surface area (Å²) >= 11 is 0. The van der Waals surface area contributed by atoms with Gasteiger partial charge in [-0.1, -0.05) is 20.8 Å². The fourth-order valence-electron chi connectivity index (χ4n) is 2.76. The number of aryl methyl sites for hydroxylation is 1. The Labute approximate surface area is 123 Å². The molecule has 1 N–H and O–H groups in total. The molecule has 1 saturated carbocycles. The van der Waals surface area contributed by atoms with Crippen molar-refractivity contribution in [1.29, 1.82) is 0 Å². The third-order valence-electron chi connectivity index (χ3n) is 4.34. The molecule has 0 amide bonds. The highest BCUT2D eigenvalue weighted by Gasteiger charge is 2.49. The number of hydrogen-bond donors (Lipinski definition) is 1. The number of rotatable bonds is 5. The van der Waals surface area contributed by atoms with Crippen molar-refractivity contribution in [2.24, 2.45) is 5.41 Å². The topological polar surface area (TPSA) is 64.4 Å². The fraction of sp³-hybridized carbons (Fsp3) is 0.600. The van der Waals surface area contributed by atoms with Gasteiger partial charge in [0.15, 0.2) is 11.6 Å². The van der Waals surface area contributed by atoms with Gasteiger partial charge in [0, 0.05) is 23.4 Å². The first kappa shape index (κ1) is 15.7. The van der Waals surface area contributed by atoms with E-state index >= 15 is 0 Å². The number of ether oxygens (including phenoxy) is 1. The zero-order chi connectivity index (χ0) is 15.8. The van der Waals surface area contributed by atoms with Crippen LogP contribution in [-0.4, -0.2) is 23.6 Å². The molecule has 1 aliphatic rings. The first-order chi connectivity index (χ1) is 9.77. The molecule has 2 rings (SSSR count). The second-order valence-electron chi connectivity index (χ2n) is 6.10. The predicted molar refractivity (Wildman–Crippen MR) is 78.1 cm³/mol. The van der Waals surface area contributed by atoms with E-state index in [-0.39, 0.29) is 23.0 Å². The van der Waals surface area contributed by atoms with Gasteiger partial charge in [0.2, 0.25) is 0 Å². The predicted octanol–water partition coefficient (Wildman–Crippen LogP) is 3.20. The Hall–Kier alpha value is -1.69. The van der Waals surface area contributed by atoms with Crippen LogP contribution in [0.3, 0.4) is 0 Å². The van der Waals surface area contributed by atoms with Crippen LogP contribution in [0, 0.1) is 28.3 Å². The van der Waals surface area contributed by atoms with Crippen molar-refractivity contribution in [3.05, 3.63) is 33.6 Å². The average Bonchev–Trinajstić information content (AvgIpc) is 2.40. The Morgan fingerprint density at radius 3 is 2.71 bits per heavy atom. The maximum atomic E-state index is 14.0. The largest absolute Gasteiger partial charge is 0.487 e. The zero-order valence-electron chi connectivity index (χ0n) is 12.8. The smallest absolute Gasteiger partial charge is 0.275 e. The van der Waals surface area contributed by atoms with E-state index in [1.54, 1.807) is 6.92 Å². The maximum absolute atomic E-state index is 14.0. The lowest BCUT2D eigenvalue weighted by atomic mass is 9.64. The van der Waals surface area contributed by atoms with E-state index in [2.05, 4.69) is 19.2 Å². The third kappa shape index (κ3) is 2.85. The van der Waals surface area contributed by atoms with Gasteiger partial charge < -0.3 is 10.1 Å². The molecule has 0 saturated heterocycles. The lowest BCUT2D eigenvalue weighted by Gasteiger charge is -2.51. The molecule has 0 spiro atoms. The highest BCUT2D eigenvalue weighted by atomic mass is 19.1. The van der Waals surface area contributed by atoms with E-state index in [1.807, 2.05) is 6.92 Å². The van der Waals surface area contributed by atoms with E-state index in [1.165, 1.54) is 6.07 Å². The Balaban J connectivity index is 2.15. The van der Waals surface area contributed by atoms with E-state index in [0.29, 0.717) is 11.6 Å². The summed E-state index contributed by atoms with van der Waals surface area (Å²) < 4.78 is 19.7. The molecule has 0 bridgehead atoms. The molecule has 1 aliphatic carbocycles. The number of nitro benzene ring substituents is 1. The lowest BCUT2D eigenvalue weighted by molar-refractivity contribution is -0.385. The first-order valence-electron chi connectivity index (χ1n) is 7.12. The summed E-state index contributed by atoms with van der Waals surface area (Å²) in [4.78, 5) is 10.2. The summed E-state index contributed by atoms with van der Waals surface area (Å²) in [5, 5.41) is 14.2. The summed E-state index contributed by atoms with van der Waals surface area (Å²) in [7, 11) is 0. The molecule has 5 nitrogen and oxygen atoms in total. The van der Waals surface area contributed by atoms with Crippen molar-refractivity contribution < 1.29 is 14.1 Å².